The molecule has 0 radical (unpaired) electrons. The molecule has 2 N–H and O–H groups in total. The Morgan fingerprint density at radius 1 is 1.22 bits per heavy atom. The Morgan fingerprint density at radius 3 is 2.57 bits per heavy atom. The molecule has 7 nitrogen and oxygen atoms in total. The summed E-state index contributed by atoms with van der Waals surface area (Å²) >= 11 is 0. The van der Waals surface area contributed by atoms with Crippen molar-refractivity contribution in [3.05, 3.63) is 35.8 Å². The lowest BCUT2D eigenvalue weighted by Gasteiger charge is -2.19. The zero-order valence-electron chi connectivity index (χ0n) is 14.0. The second kappa shape index (κ2) is 8.99. The van der Waals surface area contributed by atoms with Crippen molar-refractivity contribution in [2.45, 2.75) is 32.9 Å². The summed E-state index contributed by atoms with van der Waals surface area (Å²) in [6.07, 6.45) is 3.25. The molecule has 0 fully saturated rings. The maximum absolute atomic E-state index is 11.4. The van der Waals surface area contributed by atoms with Crippen LogP contribution in [0.5, 0.6) is 0 Å². The van der Waals surface area contributed by atoms with Gasteiger partial charge in [0.2, 0.25) is 5.76 Å². The third-order valence-electron chi connectivity index (χ3n) is 2.54. The first-order chi connectivity index (χ1) is 10.8. The Bertz CT molecular complexity index is 543. The lowest BCUT2D eigenvalue weighted by Crippen LogP contribution is -2.32. The predicted octanol–water partition coefficient (Wildman–Crippen LogP) is 2.24. The van der Waals surface area contributed by atoms with E-state index < -0.39 is 17.7 Å². The Labute approximate surface area is 136 Å². The number of carbonyl (C=O) groups excluding carboxylic acids is 2. The molecule has 1 aromatic heterocycles. The van der Waals surface area contributed by atoms with Crippen LogP contribution in [-0.2, 0) is 16.0 Å². The SMILES string of the molecule is COC(=O)c1ccc(CNC/C=C/CNC(=O)OC(C)(C)C)o1. The summed E-state index contributed by atoms with van der Waals surface area (Å²) in [4.78, 5) is 22.6. The van der Waals surface area contributed by atoms with Crippen LogP contribution < -0.4 is 10.6 Å². The molecule has 0 bridgehead atoms. The molecular formula is C16H24N2O5. The van der Waals surface area contributed by atoms with E-state index in [2.05, 4.69) is 15.4 Å². The monoisotopic (exact) mass is 324 g/mol. The van der Waals surface area contributed by atoms with Gasteiger partial charge in [-0.2, -0.15) is 0 Å². The first-order valence-electron chi connectivity index (χ1n) is 7.31. The number of hydrogen-bond acceptors (Lipinski definition) is 6. The molecule has 1 heterocycles. The summed E-state index contributed by atoms with van der Waals surface area (Å²) in [6.45, 7) is 6.92. The molecule has 0 aliphatic heterocycles. The van der Waals surface area contributed by atoms with Gasteiger partial charge in [0, 0.05) is 13.1 Å². The van der Waals surface area contributed by atoms with Gasteiger partial charge in [-0.15, -0.1) is 0 Å². The molecule has 23 heavy (non-hydrogen) atoms. The van der Waals surface area contributed by atoms with Gasteiger partial charge < -0.3 is 24.5 Å². The van der Waals surface area contributed by atoms with Crippen molar-refractivity contribution >= 4 is 12.1 Å². The number of carbonyl (C=O) groups is 2. The van der Waals surface area contributed by atoms with E-state index in [9.17, 15) is 9.59 Å². The molecule has 0 aliphatic carbocycles. The minimum atomic E-state index is -0.499. The molecular weight excluding hydrogens is 300 g/mol. The number of alkyl carbamates (subject to hydrolysis) is 1. The fourth-order valence-corrected chi connectivity index (χ4v) is 1.59. The molecule has 0 atom stereocenters. The van der Waals surface area contributed by atoms with Gasteiger partial charge in [0.1, 0.15) is 11.4 Å². The van der Waals surface area contributed by atoms with Crippen molar-refractivity contribution < 1.29 is 23.5 Å². The van der Waals surface area contributed by atoms with Crippen LogP contribution in [0.4, 0.5) is 4.79 Å². The number of nitrogens with one attached hydrogen (secondary N) is 2. The smallest absolute Gasteiger partial charge is 0.407 e. The summed E-state index contributed by atoms with van der Waals surface area (Å²) in [5.41, 5.74) is -0.499. The van der Waals surface area contributed by atoms with Gasteiger partial charge in [-0.25, -0.2) is 9.59 Å². The molecule has 1 aromatic rings. The summed E-state index contributed by atoms with van der Waals surface area (Å²) in [5.74, 6) is 0.330. The van der Waals surface area contributed by atoms with Crippen molar-refractivity contribution in [1.29, 1.82) is 0 Å². The van der Waals surface area contributed by atoms with Crippen molar-refractivity contribution in [2.24, 2.45) is 0 Å². The average Bonchev–Trinajstić information content (AvgIpc) is 2.92. The van der Waals surface area contributed by atoms with E-state index >= 15 is 0 Å². The molecule has 7 heteroatoms. The number of methoxy groups -OCH3 is 1. The average molecular weight is 324 g/mol. The van der Waals surface area contributed by atoms with Crippen molar-refractivity contribution in [2.75, 3.05) is 20.2 Å². The van der Waals surface area contributed by atoms with Gasteiger partial charge in [-0.3, -0.25) is 0 Å². The van der Waals surface area contributed by atoms with E-state index in [1.165, 1.54) is 7.11 Å². The number of furan rings is 1. The number of hydrogen-bond donors (Lipinski definition) is 2. The van der Waals surface area contributed by atoms with Crippen molar-refractivity contribution in [1.82, 2.24) is 10.6 Å². The fraction of sp³-hybridized carbons (Fsp3) is 0.500. The van der Waals surface area contributed by atoms with Gasteiger partial charge in [-0.05, 0) is 32.9 Å². The second-order valence-corrected chi connectivity index (χ2v) is 5.74. The minimum Gasteiger partial charge on any atom is -0.463 e. The molecule has 1 amide bonds. The van der Waals surface area contributed by atoms with Crippen LogP contribution in [-0.4, -0.2) is 37.9 Å². The molecule has 0 spiro atoms. The summed E-state index contributed by atoms with van der Waals surface area (Å²) in [5, 5.41) is 5.75. The first-order valence-corrected chi connectivity index (χ1v) is 7.31. The topological polar surface area (TPSA) is 89.8 Å². The number of amides is 1. The van der Waals surface area contributed by atoms with Crippen LogP contribution in [0, 0.1) is 0 Å². The van der Waals surface area contributed by atoms with E-state index in [4.69, 9.17) is 9.15 Å². The van der Waals surface area contributed by atoms with Gasteiger partial charge in [0.25, 0.3) is 0 Å². The zero-order valence-corrected chi connectivity index (χ0v) is 14.0. The van der Waals surface area contributed by atoms with E-state index in [-0.39, 0.29) is 5.76 Å². The van der Waals surface area contributed by atoms with Crippen LogP contribution in [0.2, 0.25) is 0 Å². The Morgan fingerprint density at radius 2 is 1.91 bits per heavy atom. The molecule has 0 saturated heterocycles. The number of esters is 1. The van der Waals surface area contributed by atoms with Gasteiger partial charge >= 0.3 is 12.1 Å². The van der Waals surface area contributed by atoms with Crippen molar-refractivity contribution in [3.8, 4) is 0 Å². The second-order valence-electron chi connectivity index (χ2n) is 5.74. The fourth-order valence-electron chi connectivity index (χ4n) is 1.59. The highest BCUT2D eigenvalue weighted by Gasteiger charge is 2.15. The van der Waals surface area contributed by atoms with Crippen LogP contribution >= 0.6 is 0 Å². The van der Waals surface area contributed by atoms with E-state index in [0.717, 1.165) is 0 Å². The van der Waals surface area contributed by atoms with Crippen LogP contribution in [0.25, 0.3) is 0 Å². The van der Waals surface area contributed by atoms with Crippen LogP contribution in [0.3, 0.4) is 0 Å². The largest absolute Gasteiger partial charge is 0.463 e. The summed E-state index contributed by atoms with van der Waals surface area (Å²) in [7, 11) is 1.30. The zero-order chi connectivity index (χ0) is 17.3. The third kappa shape index (κ3) is 8.06. The predicted molar refractivity (Wildman–Crippen MR) is 85.1 cm³/mol. The number of ether oxygens (including phenoxy) is 2. The summed E-state index contributed by atoms with van der Waals surface area (Å²) in [6, 6.07) is 3.29. The quantitative estimate of drug-likeness (QED) is 0.454. The van der Waals surface area contributed by atoms with Gasteiger partial charge in [0.05, 0.1) is 13.7 Å². The molecule has 0 unspecified atom stereocenters. The highest BCUT2D eigenvalue weighted by Crippen LogP contribution is 2.08. The highest BCUT2D eigenvalue weighted by atomic mass is 16.6. The maximum atomic E-state index is 11.4. The van der Waals surface area contributed by atoms with Crippen LogP contribution in [0.15, 0.2) is 28.7 Å². The molecule has 0 aromatic carbocycles. The Kier molecular flexibility index (Phi) is 7.34. The molecule has 1 rings (SSSR count). The highest BCUT2D eigenvalue weighted by molar-refractivity contribution is 5.86. The Hall–Kier alpha value is -2.28. The molecule has 0 saturated carbocycles. The molecule has 0 aliphatic rings. The standard InChI is InChI=1S/C16H24N2O5/c1-16(2,3)23-15(20)18-10-6-5-9-17-11-12-7-8-13(22-12)14(19)21-4/h5-8,17H,9-11H2,1-4H3,(H,18,20)/b6-5+. The lowest BCUT2D eigenvalue weighted by molar-refractivity contribution is 0.0531. The first kappa shape index (κ1) is 18.8. The van der Waals surface area contributed by atoms with E-state index in [0.29, 0.717) is 25.4 Å². The lowest BCUT2D eigenvalue weighted by atomic mass is 10.2. The van der Waals surface area contributed by atoms with Crippen molar-refractivity contribution in [3.63, 3.8) is 0 Å². The molecule has 128 valence electrons. The maximum Gasteiger partial charge on any atom is 0.407 e. The van der Waals surface area contributed by atoms with Gasteiger partial charge in [0.15, 0.2) is 0 Å². The van der Waals surface area contributed by atoms with E-state index in [1.807, 2.05) is 32.9 Å². The summed E-state index contributed by atoms with van der Waals surface area (Å²) < 4.78 is 15.0. The minimum absolute atomic E-state index is 0.182. The Balaban J connectivity index is 2.16. The third-order valence-corrected chi connectivity index (χ3v) is 2.54. The van der Waals surface area contributed by atoms with Crippen LogP contribution in [0.1, 0.15) is 37.1 Å². The number of rotatable bonds is 7. The van der Waals surface area contributed by atoms with E-state index in [1.54, 1.807) is 12.1 Å². The normalized spacial score (nSPS) is 11.5. The van der Waals surface area contributed by atoms with Gasteiger partial charge in [-0.1, -0.05) is 12.2 Å².